The molecule has 0 bridgehead atoms. The van der Waals surface area contributed by atoms with Crippen LogP contribution in [0.2, 0.25) is 0 Å². The van der Waals surface area contributed by atoms with Gasteiger partial charge in [-0.1, -0.05) is 34.6 Å². The second kappa shape index (κ2) is 6.41. The average Bonchev–Trinajstić information content (AvgIpc) is 2.80. The van der Waals surface area contributed by atoms with E-state index < -0.39 is 0 Å². The van der Waals surface area contributed by atoms with Gasteiger partial charge in [0.1, 0.15) is 5.69 Å². The Morgan fingerprint density at radius 1 is 1.23 bits per heavy atom. The molecule has 1 aromatic heterocycles. The van der Waals surface area contributed by atoms with Gasteiger partial charge < -0.3 is 4.90 Å². The maximum absolute atomic E-state index is 12.7. The molecule has 0 atom stereocenters. The second-order valence-electron chi connectivity index (χ2n) is 7.78. The summed E-state index contributed by atoms with van der Waals surface area (Å²) in [5.74, 6) is 0.781. The fourth-order valence-corrected chi connectivity index (χ4v) is 2.85. The minimum atomic E-state index is -0.0355. The maximum atomic E-state index is 12.7. The summed E-state index contributed by atoms with van der Waals surface area (Å²) in [6, 6.07) is 1.95. The normalized spacial score (nSPS) is 17.3. The Morgan fingerprint density at radius 2 is 1.82 bits per heavy atom. The summed E-state index contributed by atoms with van der Waals surface area (Å²) in [5, 5.41) is 4.51. The lowest BCUT2D eigenvalue weighted by Gasteiger charge is -2.35. The molecule has 5 heteroatoms. The van der Waals surface area contributed by atoms with Crippen molar-refractivity contribution < 1.29 is 4.79 Å². The highest BCUT2D eigenvalue weighted by Crippen LogP contribution is 2.22. The molecule has 1 fully saturated rings. The molecule has 0 spiro atoms. The molecule has 0 N–H and O–H groups in total. The van der Waals surface area contributed by atoms with Crippen LogP contribution in [0.5, 0.6) is 0 Å². The smallest absolute Gasteiger partial charge is 0.272 e. The van der Waals surface area contributed by atoms with Gasteiger partial charge in [-0.3, -0.25) is 14.4 Å². The van der Waals surface area contributed by atoms with Gasteiger partial charge in [0, 0.05) is 45.2 Å². The van der Waals surface area contributed by atoms with Crippen LogP contribution >= 0.6 is 0 Å². The third kappa shape index (κ3) is 3.88. The molecule has 1 amide bonds. The standard InChI is InChI=1S/C17H30N4O/c1-13(2)12-20-7-9-21(10-8-20)16(22)14-11-15(17(3,4)5)18-19(14)6/h11,13H,7-10,12H2,1-6H3. The van der Waals surface area contributed by atoms with E-state index >= 15 is 0 Å². The highest BCUT2D eigenvalue weighted by molar-refractivity contribution is 5.92. The number of rotatable bonds is 3. The van der Waals surface area contributed by atoms with Crippen molar-refractivity contribution in [2.45, 2.75) is 40.0 Å². The lowest BCUT2D eigenvalue weighted by molar-refractivity contribution is 0.0613. The number of nitrogens with zero attached hydrogens (tertiary/aromatic N) is 4. The zero-order valence-corrected chi connectivity index (χ0v) is 14.9. The van der Waals surface area contributed by atoms with Crippen LogP contribution in [0.1, 0.15) is 50.8 Å². The quantitative estimate of drug-likeness (QED) is 0.859. The van der Waals surface area contributed by atoms with Crippen LogP contribution in [0.4, 0.5) is 0 Å². The summed E-state index contributed by atoms with van der Waals surface area (Å²) < 4.78 is 1.73. The third-order valence-corrected chi connectivity index (χ3v) is 4.15. The van der Waals surface area contributed by atoms with E-state index in [-0.39, 0.29) is 11.3 Å². The van der Waals surface area contributed by atoms with E-state index in [1.54, 1.807) is 4.68 Å². The zero-order chi connectivity index (χ0) is 16.5. The first-order valence-corrected chi connectivity index (χ1v) is 8.24. The van der Waals surface area contributed by atoms with Crippen LogP contribution in [0.15, 0.2) is 6.07 Å². The number of hydrogen-bond acceptors (Lipinski definition) is 3. The van der Waals surface area contributed by atoms with Crippen molar-refractivity contribution in [1.82, 2.24) is 19.6 Å². The Hall–Kier alpha value is -1.36. The van der Waals surface area contributed by atoms with Crippen LogP contribution < -0.4 is 0 Å². The molecule has 0 radical (unpaired) electrons. The van der Waals surface area contributed by atoms with Crippen molar-refractivity contribution in [3.05, 3.63) is 17.5 Å². The summed E-state index contributed by atoms with van der Waals surface area (Å²) in [5.41, 5.74) is 1.63. The van der Waals surface area contributed by atoms with Crippen LogP contribution in [-0.2, 0) is 12.5 Å². The fourth-order valence-electron chi connectivity index (χ4n) is 2.85. The Kier molecular flexibility index (Phi) is 4.95. The number of hydrogen-bond donors (Lipinski definition) is 0. The van der Waals surface area contributed by atoms with E-state index in [9.17, 15) is 4.79 Å². The molecule has 0 aromatic carbocycles. The van der Waals surface area contributed by atoms with Crippen molar-refractivity contribution in [2.24, 2.45) is 13.0 Å². The van der Waals surface area contributed by atoms with E-state index in [0.717, 1.165) is 38.4 Å². The van der Waals surface area contributed by atoms with Crippen molar-refractivity contribution in [3.63, 3.8) is 0 Å². The van der Waals surface area contributed by atoms with Gasteiger partial charge >= 0.3 is 0 Å². The van der Waals surface area contributed by atoms with Gasteiger partial charge in [-0.15, -0.1) is 0 Å². The van der Waals surface area contributed by atoms with E-state index in [1.165, 1.54) is 0 Å². The molecule has 1 aliphatic rings. The van der Waals surface area contributed by atoms with Gasteiger partial charge in [0.2, 0.25) is 0 Å². The molecule has 0 aliphatic carbocycles. The first-order valence-electron chi connectivity index (χ1n) is 8.24. The molecule has 124 valence electrons. The number of aryl methyl sites for hydroxylation is 1. The second-order valence-corrected chi connectivity index (χ2v) is 7.78. The van der Waals surface area contributed by atoms with Crippen molar-refractivity contribution in [2.75, 3.05) is 32.7 Å². The highest BCUT2D eigenvalue weighted by Gasteiger charge is 2.27. The van der Waals surface area contributed by atoms with Gasteiger partial charge in [-0.25, -0.2) is 0 Å². The number of carbonyl (C=O) groups excluding carboxylic acids is 1. The van der Waals surface area contributed by atoms with Crippen LogP contribution in [-0.4, -0.2) is 58.2 Å². The monoisotopic (exact) mass is 306 g/mol. The summed E-state index contributed by atoms with van der Waals surface area (Å²) in [6.07, 6.45) is 0. The van der Waals surface area contributed by atoms with Crippen molar-refractivity contribution in [1.29, 1.82) is 0 Å². The van der Waals surface area contributed by atoms with E-state index in [2.05, 4.69) is 44.6 Å². The molecule has 2 rings (SSSR count). The van der Waals surface area contributed by atoms with Crippen LogP contribution in [0, 0.1) is 5.92 Å². The predicted molar refractivity (Wildman–Crippen MR) is 89.1 cm³/mol. The molecule has 0 saturated carbocycles. The molecule has 2 heterocycles. The van der Waals surface area contributed by atoms with E-state index in [4.69, 9.17) is 0 Å². The summed E-state index contributed by atoms with van der Waals surface area (Å²) in [6.45, 7) is 15.5. The first-order chi connectivity index (χ1) is 10.2. The SMILES string of the molecule is CC(C)CN1CCN(C(=O)c2cc(C(C)(C)C)nn2C)CC1. The Bertz CT molecular complexity index is 519. The highest BCUT2D eigenvalue weighted by atomic mass is 16.2. The predicted octanol–water partition coefficient (Wildman–Crippen LogP) is 2.13. The minimum absolute atomic E-state index is 0.0355. The molecule has 5 nitrogen and oxygen atoms in total. The van der Waals surface area contributed by atoms with Gasteiger partial charge in [0.25, 0.3) is 5.91 Å². The molecule has 1 saturated heterocycles. The summed E-state index contributed by atoms with van der Waals surface area (Å²) in [7, 11) is 1.86. The minimum Gasteiger partial charge on any atom is -0.335 e. The molecule has 1 aliphatic heterocycles. The lowest BCUT2D eigenvalue weighted by Crippen LogP contribution is -2.49. The molecule has 22 heavy (non-hydrogen) atoms. The molecular formula is C17H30N4O. The Balaban J connectivity index is 2.03. The first kappa shape index (κ1) is 17.0. The molecular weight excluding hydrogens is 276 g/mol. The molecule has 1 aromatic rings. The Morgan fingerprint density at radius 3 is 2.27 bits per heavy atom. The fraction of sp³-hybridized carbons (Fsp3) is 0.765. The van der Waals surface area contributed by atoms with E-state index in [0.29, 0.717) is 11.6 Å². The molecule has 0 unspecified atom stereocenters. The van der Waals surface area contributed by atoms with Crippen molar-refractivity contribution in [3.8, 4) is 0 Å². The number of aromatic nitrogens is 2. The van der Waals surface area contributed by atoms with Crippen LogP contribution in [0.3, 0.4) is 0 Å². The Labute approximate surface area is 134 Å². The van der Waals surface area contributed by atoms with Gasteiger partial charge in [0.05, 0.1) is 5.69 Å². The van der Waals surface area contributed by atoms with Crippen molar-refractivity contribution >= 4 is 5.91 Å². The lowest BCUT2D eigenvalue weighted by atomic mass is 9.92. The topological polar surface area (TPSA) is 41.4 Å². The van der Waals surface area contributed by atoms with Gasteiger partial charge in [-0.2, -0.15) is 5.10 Å². The maximum Gasteiger partial charge on any atom is 0.272 e. The van der Waals surface area contributed by atoms with Gasteiger partial charge in [0.15, 0.2) is 0 Å². The summed E-state index contributed by atoms with van der Waals surface area (Å²) in [4.78, 5) is 17.1. The van der Waals surface area contributed by atoms with Gasteiger partial charge in [-0.05, 0) is 12.0 Å². The summed E-state index contributed by atoms with van der Waals surface area (Å²) >= 11 is 0. The number of carbonyl (C=O) groups is 1. The number of piperazine rings is 1. The number of amides is 1. The third-order valence-electron chi connectivity index (χ3n) is 4.15. The largest absolute Gasteiger partial charge is 0.335 e. The average molecular weight is 306 g/mol. The van der Waals surface area contributed by atoms with Crippen LogP contribution in [0.25, 0.3) is 0 Å². The van der Waals surface area contributed by atoms with E-state index in [1.807, 2.05) is 18.0 Å². The zero-order valence-electron chi connectivity index (χ0n) is 14.9.